The number of carbonyl (C=O) groups excluding carboxylic acids is 1. The van der Waals surface area contributed by atoms with E-state index in [0.717, 1.165) is 44.6 Å². The summed E-state index contributed by atoms with van der Waals surface area (Å²) in [5.41, 5.74) is 5.53. The first kappa shape index (κ1) is 13.8. The second-order valence-corrected chi connectivity index (χ2v) is 5.18. The Hall–Kier alpha value is -0.280. The van der Waals surface area contributed by atoms with Gasteiger partial charge in [0.2, 0.25) is 5.91 Å². The van der Waals surface area contributed by atoms with Crippen LogP contribution in [0.1, 0.15) is 44.9 Å². The smallest absolute Gasteiger partial charge is 0.227 e. The molecule has 0 aromatic carbocycles. The van der Waals surface area contributed by atoms with Gasteiger partial charge >= 0.3 is 0 Å². The van der Waals surface area contributed by atoms with Crippen LogP contribution in [0, 0.1) is 11.3 Å². The lowest BCUT2D eigenvalue weighted by molar-refractivity contribution is -0.130. The molecule has 2 aliphatic rings. The first-order chi connectivity index (χ1) is 7.27. The highest BCUT2D eigenvalue weighted by atomic mass is 35.5. The Labute approximate surface area is 104 Å². The molecule has 2 rings (SSSR count). The normalized spacial score (nSPS) is 22.6. The van der Waals surface area contributed by atoms with Gasteiger partial charge in [0.15, 0.2) is 0 Å². The number of rotatable bonds is 5. The van der Waals surface area contributed by atoms with Gasteiger partial charge in [-0.05, 0) is 25.2 Å². The monoisotopic (exact) mass is 246 g/mol. The zero-order valence-electron chi connectivity index (χ0n) is 9.84. The lowest BCUT2D eigenvalue weighted by Crippen LogP contribution is -2.44. The van der Waals surface area contributed by atoms with Crippen LogP contribution < -0.4 is 11.1 Å². The van der Waals surface area contributed by atoms with Crippen molar-refractivity contribution in [3.63, 3.8) is 0 Å². The maximum atomic E-state index is 12.0. The molecule has 0 aliphatic heterocycles. The van der Waals surface area contributed by atoms with Crippen LogP contribution in [-0.2, 0) is 4.79 Å². The van der Waals surface area contributed by atoms with Gasteiger partial charge in [-0.15, -0.1) is 12.4 Å². The van der Waals surface area contributed by atoms with Crippen LogP contribution in [0.25, 0.3) is 0 Å². The van der Waals surface area contributed by atoms with Crippen LogP contribution >= 0.6 is 12.4 Å². The molecule has 0 bridgehead atoms. The summed E-state index contributed by atoms with van der Waals surface area (Å²) >= 11 is 0. The molecule has 0 unspecified atom stereocenters. The van der Waals surface area contributed by atoms with Crippen LogP contribution in [-0.4, -0.2) is 19.0 Å². The number of hydrogen-bond acceptors (Lipinski definition) is 2. The maximum absolute atomic E-state index is 12.0. The van der Waals surface area contributed by atoms with Gasteiger partial charge in [0.1, 0.15) is 0 Å². The molecule has 0 aromatic heterocycles. The van der Waals surface area contributed by atoms with Crippen molar-refractivity contribution in [2.45, 2.75) is 44.9 Å². The van der Waals surface area contributed by atoms with Crippen molar-refractivity contribution in [1.29, 1.82) is 0 Å². The lowest BCUT2D eigenvalue weighted by atomic mass is 9.85. The van der Waals surface area contributed by atoms with Crippen molar-refractivity contribution in [2.75, 3.05) is 13.1 Å². The van der Waals surface area contributed by atoms with E-state index in [2.05, 4.69) is 5.32 Å². The van der Waals surface area contributed by atoms with Gasteiger partial charge in [-0.25, -0.2) is 0 Å². The summed E-state index contributed by atoms with van der Waals surface area (Å²) < 4.78 is 0. The average Bonchev–Trinajstić information content (AvgIpc) is 2.94. The molecule has 0 aromatic rings. The molecule has 0 atom stereocenters. The average molecular weight is 247 g/mol. The number of amides is 1. The zero-order valence-corrected chi connectivity index (χ0v) is 10.7. The third kappa shape index (κ3) is 3.11. The van der Waals surface area contributed by atoms with Gasteiger partial charge in [0.25, 0.3) is 0 Å². The van der Waals surface area contributed by atoms with E-state index in [-0.39, 0.29) is 23.7 Å². The molecule has 2 saturated carbocycles. The largest absolute Gasteiger partial charge is 0.356 e. The van der Waals surface area contributed by atoms with Gasteiger partial charge in [0.05, 0.1) is 5.41 Å². The molecule has 3 N–H and O–H groups in total. The van der Waals surface area contributed by atoms with Crippen molar-refractivity contribution in [3.8, 4) is 0 Å². The Bertz CT molecular complexity index is 235. The molecule has 0 spiro atoms. The van der Waals surface area contributed by atoms with Crippen molar-refractivity contribution in [2.24, 2.45) is 17.1 Å². The lowest BCUT2D eigenvalue weighted by Gasteiger charge is -2.25. The molecule has 4 heteroatoms. The number of carbonyl (C=O) groups is 1. The molecule has 94 valence electrons. The topological polar surface area (TPSA) is 55.1 Å². The predicted octanol–water partition coefficient (Wildman–Crippen LogP) is 1.84. The van der Waals surface area contributed by atoms with E-state index in [0.29, 0.717) is 6.54 Å². The van der Waals surface area contributed by atoms with E-state index in [1.165, 1.54) is 12.8 Å². The van der Waals surface area contributed by atoms with E-state index in [1.54, 1.807) is 0 Å². The van der Waals surface area contributed by atoms with Crippen LogP contribution in [0.5, 0.6) is 0 Å². The second kappa shape index (κ2) is 5.87. The summed E-state index contributed by atoms with van der Waals surface area (Å²) in [4.78, 5) is 12.0. The van der Waals surface area contributed by atoms with E-state index in [1.807, 2.05) is 0 Å². The van der Waals surface area contributed by atoms with Gasteiger partial charge in [-0.3, -0.25) is 4.79 Å². The van der Waals surface area contributed by atoms with Gasteiger partial charge in [-0.1, -0.05) is 25.7 Å². The number of nitrogens with one attached hydrogen (secondary N) is 1. The maximum Gasteiger partial charge on any atom is 0.227 e. The van der Waals surface area contributed by atoms with Crippen LogP contribution in [0.3, 0.4) is 0 Å². The minimum atomic E-state index is -0.219. The third-order valence-corrected chi connectivity index (χ3v) is 3.97. The van der Waals surface area contributed by atoms with Gasteiger partial charge < -0.3 is 11.1 Å². The minimum absolute atomic E-state index is 0. The molecule has 1 amide bonds. The predicted molar refractivity (Wildman–Crippen MR) is 67.6 cm³/mol. The molecule has 3 nitrogen and oxygen atoms in total. The van der Waals surface area contributed by atoms with E-state index in [9.17, 15) is 4.79 Å². The molecule has 0 radical (unpaired) electrons. The number of halogens is 1. The molecule has 0 saturated heterocycles. The summed E-state index contributed by atoms with van der Waals surface area (Å²) in [6.07, 6.45) is 8.17. The van der Waals surface area contributed by atoms with Crippen molar-refractivity contribution in [3.05, 3.63) is 0 Å². The molecular weight excluding hydrogens is 224 g/mol. The van der Waals surface area contributed by atoms with Crippen LogP contribution in [0.15, 0.2) is 0 Å². The Morgan fingerprint density at radius 2 is 1.94 bits per heavy atom. The summed E-state index contributed by atoms with van der Waals surface area (Å²) in [6.45, 7) is 1.37. The highest BCUT2D eigenvalue weighted by Gasteiger charge is 2.39. The standard InChI is InChI=1S/C12H22N2O.ClH/c13-9-12(6-1-2-7-12)11(15)14-8-5-10-3-4-10;/h10H,1-9,13H2,(H,14,15);1H. The Kier molecular flexibility index (Phi) is 5.06. The zero-order chi connectivity index (χ0) is 10.7. The summed E-state index contributed by atoms with van der Waals surface area (Å²) in [6, 6.07) is 0. The quantitative estimate of drug-likeness (QED) is 0.778. The fourth-order valence-corrected chi connectivity index (χ4v) is 2.56. The third-order valence-electron chi connectivity index (χ3n) is 3.97. The fraction of sp³-hybridized carbons (Fsp3) is 0.917. The Morgan fingerprint density at radius 1 is 1.31 bits per heavy atom. The van der Waals surface area contributed by atoms with E-state index >= 15 is 0 Å². The minimum Gasteiger partial charge on any atom is -0.356 e. The highest BCUT2D eigenvalue weighted by Crippen LogP contribution is 2.37. The molecule has 0 heterocycles. The number of nitrogens with two attached hydrogens (primary N) is 1. The first-order valence-electron chi connectivity index (χ1n) is 6.25. The van der Waals surface area contributed by atoms with Crippen LogP contribution in [0.4, 0.5) is 0 Å². The summed E-state index contributed by atoms with van der Waals surface area (Å²) in [5.74, 6) is 1.10. The van der Waals surface area contributed by atoms with Crippen molar-refractivity contribution >= 4 is 18.3 Å². The molecule has 2 aliphatic carbocycles. The Morgan fingerprint density at radius 3 is 2.44 bits per heavy atom. The fourth-order valence-electron chi connectivity index (χ4n) is 2.56. The summed E-state index contributed by atoms with van der Waals surface area (Å²) in [5, 5.41) is 3.07. The van der Waals surface area contributed by atoms with Crippen LogP contribution in [0.2, 0.25) is 0 Å². The van der Waals surface area contributed by atoms with Crippen molar-refractivity contribution in [1.82, 2.24) is 5.32 Å². The van der Waals surface area contributed by atoms with E-state index < -0.39 is 0 Å². The highest BCUT2D eigenvalue weighted by molar-refractivity contribution is 5.85. The second-order valence-electron chi connectivity index (χ2n) is 5.18. The molecule has 16 heavy (non-hydrogen) atoms. The first-order valence-corrected chi connectivity index (χ1v) is 6.25. The van der Waals surface area contributed by atoms with Gasteiger partial charge in [-0.2, -0.15) is 0 Å². The van der Waals surface area contributed by atoms with Crippen molar-refractivity contribution < 1.29 is 4.79 Å². The number of hydrogen-bond donors (Lipinski definition) is 2. The molecular formula is C12H23ClN2O. The SMILES string of the molecule is Cl.NCC1(C(=O)NCCC2CC2)CCCC1. The Balaban J connectivity index is 0.00000128. The van der Waals surface area contributed by atoms with E-state index in [4.69, 9.17) is 5.73 Å². The summed E-state index contributed by atoms with van der Waals surface area (Å²) in [7, 11) is 0. The van der Waals surface area contributed by atoms with Gasteiger partial charge in [0, 0.05) is 13.1 Å². The molecule has 2 fully saturated rings.